The largest absolute Gasteiger partial charge is 0.246 e. The van der Waals surface area contributed by atoms with E-state index in [1.165, 1.54) is 17.4 Å². The lowest BCUT2D eigenvalue weighted by Crippen LogP contribution is -2.18. The van der Waals surface area contributed by atoms with Crippen LogP contribution in [0.2, 0.25) is 0 Å². The molecule has 0 fully saturated rings. The number of thiazole rings is 1. The van der Waals surface area contributed by atoms with Crippen molar-refractivity contribution in [2.45, 2.75) is 23.8 Å². The highest BCUT2D eigenvalue weighted by Gasteiger charge is 2.22. The first-order valence-corrected chi connectivity index (χ1v) is 11.3. The number of thiophene rings is 1. The zero-order valence-corrected chi connectivity index (χ0v) is 14.8. The van der Waals surface area contributed by atoms with Gasteiger partial charge in [0.15, 0.2) is 19.7 Å². The number of aryl methyl sites for hydroxylation is 2. The third-order valence-corrected chi connectivity index (χ3v) is 8.66. The van der Waals surface area contributed by atoms with E-state index in [-0.39, 0.29) is 15.7 Å². The van der Waals surface area contributed by atoms with Crippen LogP contribution < -0.4 is 0 Å². The van der Waals surface area contributed by atoms with Gasteiger partial charge in [-0.2, -0.15) is 0 Å². The molecule has 0 atom stereocenters. The summed E-state index contributed by atoms with van der Waals surface area (Å²) >= 11 is 2.54. The topological polar surface area (TPSA) is 81.2 Å². The lowest BCUT2D eigenvalue weighted by atomic mass is 10.5. The van der Waals surface area contributed by atoms with E-state index >= 15 is 0 Å². The Labute approximate surface area is 132 Å². The van der Waals surface area contributed by atoms with E-state index in [1.807, 2.05) is 6.92 Å². The van der Waals surface area contributed by atoms with Crippen molar-refractivity contribution in [3.8, 4) is 0 Å². The van der Waals surface area contributed by atoms with Gasteiger partial charge in [-0.3, -0.25) is 0 Å². The molecule has 0 aliphatic rings. The standard InChI is InChI=1S/C12H15NO4S4/c1-9-3-4-12(19-9)21(16,17)6-5-20(14,15)8-11-7-18-10(2)13-11/h3-4,7H,5-6,8H2,1-2H3. The molecule has 0 amide bonds. The molecule has 0 spiro atoms. The van der Waals surface area contributed by atoms with Crippen LogP contribution in [0.25, 0.3) is 0 Å². The number of nitrogens with zero attached hydrogens (tertiary/aromatic N) is 1. The predicted octanol–water partition coefficient (Wildman–Crippen LogP) is 2.21. The second kappa shape index (κ2) is 6.15. The van der Waals surface area contributed by atoms with Gasteiger partial charge in [-0.05, 0) is 26.0 Å². The summed E-state index contributed by atoms with van der Waals surface area (Å²) < 4.78 is 48.4. The molecule has 0 saturated carbocycles. The maximum absolute atomic E-state index is 12.1. The Balaban J connectivity index is 2.04. The number of hydrogen-bond donors (Lipinski definition) is 0. The lowest BCUT2D eigenvalue weighted by molar-refractivity contribution is 0.587. The van der Waals surface area contributed by atoms with Crippen LogP contribution in [0.4, 0.5) is 0 Å². The van der Waals surface area contributed by atoms with Crippen LogP contribution in [0.15, 0.2) is 21.7 Å². The average Bonchev–Trinajstić information content (AvgIpc) is 2.96. The highest BCUT2D eigenvalue weighted by molar-refractivity contribution is 7.96. The highest BCUT2D eigenvalue weighted by Crippen LogP contribution is 2.22. The summed E-state index contributed by atoms with van der Waals surface area (Å²) in [7, 11) is -7.02. The van der Waals surface area contributed by atoms with Crippen LogP contribution in [-0.2, 0) is 25.4 Å². The molecule has 0 aromatic carbocycles. The quantitative estimate of drug-likeness (QED) is 0.784. The van der Waals surface area contributed by atoms with Crippen molar-refractivity contribution in [1.29, 1.82) is 0 Å². The van der Waals surface area contributed by atoms with Crippen molar-refractivity contribution < 1.29 is 16.8 Å². The summed E-state index contributed by atoms with van der Waals surface area (Å²) in [6.07, 6.45) is 0. The Bertz CT molecular complexity index is 830. The molecule has 9 heteroatoms. The van der Waals surface area contributed by atoms with Crippen LogP contribution in [0.1, 0.15) is 15.6 Å². The van der Waals surface area contributed by atoms with Crippen molar-refractivity contribution >= 4 is 42.3 Å². The first kappa shape index (κ1) is 16.6. The van der Waals surface area contributed by atoms with E-state index in [0.717, 1.165) is 21.2 Å². The van der Waals surface area contributed by atoms with Gasteiger partial charge in [0.1, 0.15) is 4.21 Å². The number of hydrogen-bond acceptors (Lipinski definition) is 7. The molecule has 2 aromatic rings. The fourth-order valence-electron chi connectivity index (χ4n) is 1.69. The van der Waals surface area contributed by atoms with Gasteiger partial charge in [0.05, 0.1) is 28.0 Å². The van der Waals surface area contributed by atoms with E-state index in [9.17, 15) is 16.8 Å². The minimum atomic E-state index is -3.54. The maximum atomic E-state index is 12.1. The van der Waals surface area contributed by atoms with Gasteiger partial charge in [-0.15, -0.1) is 22.7 Å². The summed E-state index contributed by atoms with van der Waals surface area (Å²) in [6.45, 7) is 3.61. The van der Waals surface area contributed by atoms with Crippen LogP contribution in [-0.4, -0.2) is 33.3 Å². The van der Waals surface area contributed by atoms with Gasteiger partial charge in [0.2, 0.25) is 0 Å². The van der Waals surface area contributed by atoms with Crippen molar-refractivity contribution in [1.82, 2.24) is 4.98 Å². The van der Waals surface area contributed by atoms with Crippen LogP contribution in [0, 0.1) is 13.8 Å². The molecule has 116 valence electrons. The van der Waals surface area contributed by atoms with E-state index in [4.69, 9.17) is 0 Å². The smallest absolute Gasteiger partial charge is 0.188 e. The molecule has 0 bridgehead atoms. The Morgan fingerprint density at radius 3 is 2.33 bits per heavy atom. The van der Waals surface area contributed by atoms with Gasteiger partial charge in [0, 0.05) is 10.3 Å². The molecule has 0 unspecified atom stereocenters. The number of aromatic nitrogens is 1. The SMILES string of the molecule is Cc1ccc(S(=O)(=O)CCS(=O)(=O)Cc2csc(C)n2)s1. The summed E-state index contributed by atoms with van der Waals surface area (Å²) in [5.74, 6) is -0.989. The molecule has 2 heterocycles. The lowest BCUT2D eigenvalue weighted by Gasteiger charge is -2.03. The Morgan fingerprint density at radius 2 is 1.81 bits per heavy atom. The molecule has 0 aliphatic carbocycles. The molecule has 2 rings (SSSR count). The summed E-state index contributed by atoms with van der Waals surface area (Å²) in [4.78, 5) is 4.98. The monoisotopic (exact) mass is 365 g/mol. The zero-order chi connectivity index (χ0) is 15.7. The molecule has 0 radical (unpaired) electrons. The average molecular weight is 366 g/mol. The van der Waals surface area contributed by atoms with Gasteiger partial charge >= 0.3 is 0 Å². The summed E-state index contributed by atoms with van der Waals surface area (Å²) in [5, 5.41) is 2.48. The second-order valence-corrected chi connectivity index (χ2v) is 11.5. The van der Waals surface area contributed by atoms with Gasteiger partial charge in [-0.1, -0.05) is 0 Å². The van der Waals surface area contributed by atoms with Crippen LogP contribution in [0.5, 0.6) is 0 Å². The molecular formula is C12H15NO4S4. The minimum absolute atomic E-state index is 0.212. The Hall–Kier alpha value is -0.770. The minimum Gasteiger partial charge on any atom is -0.246 e. The van der Waals surface area contributed by atoms with E-state index in [1.54, 1.807) is 18.4 Å². The van der Waals surface area contributed by atoms with E-state index in [2.05, 4.69) is 4.98 Å². The Kier molecular flexibility index (Phi) is 4.86. The molecule has 0 saturated heterocycles. The highest BCUT2D eigenvalue weighted by atomic mass is 32.2. The molecule has 0 aliphatic heterocycles. The van der Waals surface area contributed by atoms with Crippen LogP contribution in [0.3, 0.4) is 0 Å². The third kappa shape index (κ3) is 4.60. The van der Waals surface area contributed by atoms with Crippen LogP contribution >= 0.6 is 22.7 Å². The number of sulfone groups is 2. The van der Waals surface area contributed by atoms with Crippen molar-refractivity contribution in [3.05, 3.63) is 33.1 Å². The maximum Gasteiger partial charge on any atom is 0.188 e. The zero-order valence-electron chi connectivity index (χ0n) is 11.6. The molecule has 0 N–H and O–H groups in total. The van der Waals surface area contributed by atoms with Crippen molar-refractivity contribution in [2.75, 3.05) is 11.5 Å². The second-order valence-electron chi connectivity index (χ2n) is 4.63. The van der Waals surface area contributed by atoms with E-state index in [0.29, 0.717) is 5.69 Å². The number of rotatable bonds is 6. The van der Waals surface area contributed by atoms with Gasteiger partial charge in [-0.25, -0.2) is 21.8 Å². The molecule has 2 aromatic heterocycles. The molecular weight excluding hydrogens is 350 g/mol. The first-order valence-electron chi connectivity index (χ1n) is 6.09. The van der Waals surface area contributed by atoms with Gasteiger partial charge in [0.25, 0.3) is 0 Å². The van der Waals surface area contributed by atoms with E-state index < -0.39 is 25.4 Å². The predicted molar refractivity (Wildman–Crippen MR) is 85.5 cm³/mol. The Morgan fingerprint density at radius 1 is 1.10 bits per heavy atom. The fourth-order valence-corrected chi connectivity index (χ4v) is 7.26. The van der Waals surface area contributed by atoms with Crippen molar-refractivity contribution in [3.63, 3.8) is 0 Å². The normalized spacial score (nSPS) is 12.7. The summed E-state index contributed by atoms with van der Waals surface area (Å²) in [5.41, 5.74) is 0.474. The van der Waals surface area contributed by atoms with Crippen molar-refractivity contribution in [2.24, 2.45) is 0 Å². The molecule has 5 nitrogen and oxygen atoms in total. The first-order chi connectivity index (χ1) is 9.68. The molecule has 21 heavy (non-hydrogen) atoms. The third-order valence-electron chi connectivity index (χ3n) is 2.72. The summed E-state index contributed by atoms with van der Waals surface area (Å²) in [6, 6.07) is 3.23. The fraction of sp³-hybridized carbons (Fsp3) is 0.417. The van der Waals surface area contributed by atoms with Gasteiger partial charge < -0.3 is 0 Å².